The van der Waals surface area contributed by atoms with Crippen LogP contribution in [-0.4, -0.2) is 20.4 Å². The molecule has 0 aliphatic rings. The van der Waals surface area contributed by atoms with Crippen LogP contribution >= 0.6 is 23.2 Å². The van der Waals surface area contributed by atoms with Crippen molar-refractivity contribution in [1.29, 1.82) is 0 Å². The molecule has 2 N–H and O–H groups in total. The van der Waals surface area contributed by atoms with Crippen LogP contribution in [0.25, 0.3) is 0 Å². The van der Waals surface area contributed by atoms with Gasteiger partial charge in [-0.05, 0) is 80.1 Å². The molecule has 0 aromatic heterocycles. The lowest BCUT2D eigenvalue weighted by Gasteiger charge is -2.15. The van der Waals surface area contributed by atoms with Crippen molar-refractivity contribution in [2.24, 2.45) is 0 Å². The maximum Gasteiger partial charge on any atom is 0.265 e. The van der Waals surface area contributed by atoms with E-state index < -0.39 is 16.1 Å². The van der Waals surface area contributed by atoms with Crippen molar-refractivity contribution in [1.82, 2.24) is 0 Å². The van der Waals surface area contributed by atoms with E-state index in [1.54, 1.807) is 56.3 Å². The summed E-state index contributed by atoms with van der Waals surface area (Å²) in [5.41, 5.74) is 1.58. The lowest BCUT2D eigenvalue weighted by atomic mass is 10.2. The highest BCUT2D eigenvalue weighted by Crippen LogP contribution is 2.24. The van der Waals surface area contributed by atoms with E-state index in [1.807, 2.05) is 0 Å². The molecule has 1 atom stereocenters. The molecule has 0 radical (unpaired) electrons. The molecule has 1 amide bonds. The molecule has 6 nitrogen and oxygen atoms in total. The lowest BCUT2D eigenvalue weighted by molar-refractivity contribution is -0.122. The summed E-state index contributed by atoms with van der Waals surface area (Å²) in [5, 5.41) is 3.69. The molecule has 0 spiro atoms. The summed E-state index contributed by atoms with van der Waals surface area (Å²) in [6.07, 6.45) is -0.767. The Kier molecular flexibility index (Phi) is 7.10. The van der Waals surface area contributed by atoms with E-state index >= 15 is 0 Å². The average Bonchev–Trinajstić information content (AvgIpc) is 2.72. The largest absolute Gasteiger partial charge is 0.481 e. The summed E-state index contributed by atoms with van der Waals surface area (Å²) in [5.74, 6) is 0.133. The maximum atomic E-state index is 12.7. The highest BCUT2D eigenvalue weighted by atomic mass is 35.5. The smallest absolute Gasteiger partial charge is 0.265 e. The number of halogens is 2. The molecule has 3 aromatic carbocycles. The molecule has 162 valence electrons. The van der Waals surface area contributed by atoms with Gasteiger partial charge in [-0.1, -0.05) is 29.3 Å². The van der Waals surface area contributed by atoms with E-state index in [1.165, 1.54) is 24.3 Å². The summed E-state index contributed by atoms with van der Waals surface area (Å²) >= 11 is 11.8. The molecule has 0 heterocycles. The lowest BCUT2D eigenvalue weighted by Crippen LogP contribution is -2.30. The summed E-state index contributed by atoms with van der Waals surface area (Å²) in [4.78, 5) is 12.4. The molecule has 0 aliphatic carbocycles. The van der Waals surface area contributed by atoms with E-state index in [4.69, 9.17) is 27.9 Å². The van der Waals surface area contributed by atoms with Gasteiger partial charge in [0.25, 0.3) is 15.9 Å². The van der Waals surface area contributed by atoms with Crippen molar-refractivity contribution < 1.29 is 17.9 Å². The molecular formula is C22H20Cl2N2O4S. The third kappa shape index (κ3) is 6.13. The predicted octanol–water partition coefficient (Wildman–Crippen LogP) is 5.51. The van der Waals surface area contributed by atoms with Crippen molar-refractivity contribution >= 4 is 50.5 Å². The molecule has 0 unspecified atom stereocenters. The van der Waals surface area contributed by atoms with Crippen LogP contribution in [0.1, 0.15) is 12.5 Å². The number of hydrogen-bond acceptors (Lipinski definition) is 4. The summed E-state index contributed by atoms with van der Waals surface area (Å²) in [6, 6.07) is 17.4. The minimum atomic E-state index is -3.82. The van der Waals surface area contributed by atoms with Crippen LogP contribution in [0.5, 0.6) is 5.75 Å². The Morgan fingerprint density at radius 3 is 2.19 bits per heavy atom. The van der Waals surface area contributed by atoms with E-state index in [0.29, 0.717) is 27.2 Å². The van der Waals surface area contributed by atoms with E-state index in [9.17, 15) is 13.2 Å². The Morgan fingerprint density at radius 2 is 1.55 bits per heavy atom. The van der Waals surface area contributed by atoms with E-state index in [-0.39, 0.29) is 10.8 Å². The van der Waals surface area contributed by atoms with Crippen LogP contribution in [0.2, 0.25) is 10.0 Å². The predicted molar refractivity (Wildman–Crippen MR) is 124 cm³/mol. The summed E-state index contributed by atoms with van der Waals surface area (Å²) in [6.45, 7) is 3.39. The van der Waals surface area contributed by atoms with E-state index in [2.05, 4.69) is 10.0 Å². The molecule has 0 saturated carbocycles. The maximum absolute atomic E-state index is 12.7. The van der Waals surface area contributed by atoms with Crippen molar-refractivity contribution in [2.75, 3.05) is 10.0 Å². The Bertz CT molecular complexity index is 1180. The van der Waals surface area contributed by atoms with Crippen LogP contribution in [0, 0.1) is 6.92 Å². The normalized spacial score (nSPS) is 12.1. The Labute approximate surface area is 191 Å². The molecule has 31 heavy (non-hydrogen) atoms. The van der Waals surface area contributed by atoms with Gasteiger partial charge < -0.3 is 10.1 Å². The fourth-order valence-electron chi connectivity index (χ4n) is 2.64. The Balaban J connectivity index is 1.65. The van der Waals surface area contributed by atoms with Crippen LogP contribution in [0.4, 0.5) is 11.4 Å². The van der Waals surface area contributed by atoms with Crippen molar-refractivity contribution in [3.05, 3.63) is 82.3 Å². The van der Waals surface area contributed by atoms with Gasteiger partial charge in [-0.25, -0.2) is 8.42 Å². The van der Waals surface area contributed by atoms with Crippen LogP contribution in [0.15, 0.2) is 71.6 Å². The zero-order chi connectivity index (χ0) is 22.6. The number of nitrogens with one attached hydrogen (secondary N) is 2. The minimum Gasteiger partial charge on any atom is -0.481 e. The first kappa shape index (κ1) is 22.9. The van der Waals surface area contributed by atoms with Gasteiger partial charge in [0, 0.05) is 15.7 Å². The van der Waals surface area contributed by atoms with Gasteiger partial charge in [0.2, 0.25) is 0 Å². The molecule has 0 saturated heterocycles. The summed E-state index contributed by atoms with van der Waals surface area (Å²) in [7, 11) is -3.82. The van der Waals surface area contributed by atoms with Crippen LogP contribution < -0.4 is 14.8 Å². The third-order valence-corrected chi connectivity index (χ3v) is 6.24. The van der Waals surface area contributed by atoms with Gasteiger partial charge in [0.05, 0.1) is 10.6 Å². The topological polar surface area (TPSA) is 84.5 Å². The zero-order valence-electron chi connectivity index (χ0n) is 16.7. The fourth-order valence-corrected chi connectivity index (χ4v) is 4.06. The van der Waals surface area contributed by atoms with E-state index in [0.717, 1.165) is 5.56 Å². The highest BCUT2D eigenvalue weighted by molar-refractivity contribution is 7.92. The summed E-state index contributed by atoms with van der Waals surface area (Å²) < 4.78 is 33.4. The van der Waals surface area contributed by atoms with Crippen molar-refractivity contribution in [3.63, 3.8) is 0 Å². The van der Waals surface area contributed by atoms with Gasteiger partial charge in [-0.15, -0.1) is 0 Å². The van der Waals surface area contributed by atoms with Gasteiger partial charge in [-0.2, -0.15) is 0 Å². The molecule has 0 aliphatic heterocycles. The molecule has 3 aromatic rings. The fraction of sp³-hybridized carbons (Fsp3) is 0.136. The number of sulfonamides is 1. The number of hydrogen-bond donors (Lipinski definition) is 2. The van der Waals surface area contributed by atoms with Crippen molar-refractivity contribution in [3.8, 4) is 5.75 Å². The second-order valence-electron chi connectivity index (χ2n) is 6.79. The van der Waals surface area contributed by atoms with Crippen LogP contribution in [0.3, 0.4) is 0 Å². The first-order chi connectivity index (χ1) is 14.6. The second-order valence-corrected chi connectivity index (χ2v) is 9.35. The zero-order valence-corrected chi connectivity index (χ0v) is 19.1. The molecule has 0 bridgehead atoms. The van der Waals surface area contributed by atoms with Crippen molar-refractivity contribution in [2.45, 2.75) is 24.8 Å². The molecule has 9 heteroatoms. The highest BCUT2D eigenvalue weighted by Gasteiger charge is 2.18. The standard InChI is InChI=1S/C22H20Cl2N2O4S/c1-14-3-4-17(24)13-21(14)26-31(28,29)20-11-7-18(8-12-20)25-22(27)15(2)30-19-9-5-16(23)6-10-19/h3-13,15,26H,1-2H3,(H,25,27)/t15-/m0/s1. The second kappa shape index (κ2) is 9.60. The SMILES string of the molecule is Cc1ccc(Cl)cc1NS(=O)(=O)c1ccc(NC(=O)[C@H](C)Oc2ccc(Cl)cc2)cc1. The number of aryl methyl sites for hydroxylation is 1. The number of rotatable bonds is 7. The minimum absolute atomic E-state index is 0.0512. The number of ether oxygens (including phenoxy) is 1. The van der Waals surface area contributed by atoms with Gasteiger partial charge >= 0.3 is 0 Å². The average molecular weight is 479 g/mol. The molecule has 3 rings (SSSR count). The quantitative estimate of drug-likeness (QED) is 0.468. The Morgan fingerprint density at radius 1 is 0.935 bits per heavy atom. The first-order valence-corrected chi connectivity index (χ1v) is 11.5. The number of carbonyl (C=O) groups excluding carboxylic acids is 1. The van der Waals surface area contributed by atoms with Gasteiger partial charge in [0.15, 0.2) is 6.10 Å². The number of amides is 1. The van der Waals surface area contributed by atoms with Crippen LogP contribution in [-0.2, 0) is 14.8 Å². The van der Waals surface area contributed by atoms with Gasteiger partial charge in [0.1, 0.15) is 5.75 Å². The third-order valence-electron chi connectivity index (χ3n) is 4.37. The Hall–Kier alpha value is -2.74. The van der Waals surface area contributed by atoms with Gasteiger partial charge in [-0.3, -0.25) is 9.52 Å². The number of benzene rings is 3. The monoisotopic (exact) mass is 478 g/mol. The number of anilines is 2. The number of carbonyl (C=O) groups is 1. The molecule has 0 fully saturated rings. The first-order valence-electron chi connectivity index (χ1n) is 9.26. The molecular weight excluding hydrogens is 459 g/mol.